The van der Waals surface area contributed by atoms with Gasteiger partial charge in [-0.3, -0.25) is 4.90 Å². The first-order chi connectivity index (χ1) is 8.70. The number of aromatic nitrogens is 2. The van der Waals surface area contributed by atoms with Crippen LogP contribution in [-0.2, 0) is 13.1 Å². The quantitative estimate of drug-likeness (QED) is 0.802. The molecule has 0 saturated heterocycles. The van der Waals surface area contributed by atoms with Crippen LogP contribution in [0.5, 0.6) is 0 Å². The summed E-state index contributed by atoms with van der Waals surface area (Å²) < 4.78 is 2.35. The lowest BCUT2D eigenvalue weighted by Gasteiger charge is -2.25. The molecular formula is C14H24N4. The van der Waals surface area contributed by atoms with E-state index in [0.717, 1.165) is 19.0 Å². The highest BCUT2D eigenvalue weighted by atomic mass is 15.2. The van der Waals surface area contributed by atoms with Gasteiger partial charge in [-0.25, -0.2) is 4.98 Å². The Morgan fingerprint density at radius 3 is 2.83 bits per heavy atom. The van der Waals surface area contributed by atoms with Crippen molar-refractivity contribution in [1.29, 1.82) is 0 Å². The summed E-state index contributed by atoms with van der Waals surface area (Å²) in [6, 6.07) is 0. The van der Waals surface area contributed by atoms with Crippen molar-refractivity contribution in [2.45, 2.75) is 25.9 Å². The molecule has 0 spiro atoms. The van der Waals surface area contributed by atoms with Gasteiger partial charge in [-0.05, 0) is 32.9 Å². The van der Waals surface area contributed by atoms with E-state index < -0.39 is 0 Å². The minimum absolute atomic E-state index is 0.717. The van der Waals surface area contributed by atoms with Crippen LogP contribution in [0.1, 0.15) is 18.7 Å². The van der Waals surface area contributed by atoms with Gasteiger partial charge in [-0.15, -0.1) is 0 Å². The molecule has 2 aliphatic rings. The molecule has 4 heteroatoms. The largest absolute Gasteiger partial charge is 0.333 e. The zero-order valence-corrected chi connectivity index (χ0v) is 11.5. The van der Waals surface area contributed by atoms with Crippen LogP contribution in [0.2, 0.25) is 0 Å². The van der Waals surface area contributed by atoms with E-state index >= 15 is 0 Å². The monoisotopic (exact) mass is 248 g/mol. The molecule has 1 fully saturated rings. The molecule has 1 aromatic heterocycles. The Labute approximate surface area is 110 Å². The van der Waals surface area contributed by atoms with Crippen molar-refractivity contribution in [2.75, 3.05) is 33.7 Å². The Bertz CT molecular complexity index is 368. The van der Waals surface area contributed by atoms with Crippen molar-refractivity contribution >= 4 is 0 Å². The summed E-state index contributed by atoms with van der Waals surface area (Å²) in [4.78, 5) is 9.45. The van der Waals surface area contributed by atoms with Gasteiger partial charge in [0, 0.05) is 44.5 Å². The molecule has 1 atom stereocenters. The summed E-state index contributed by atoms with van der Waals surface area (Å²) in [5.41, 5.74) is 0. The molecule has 0 N–H and O–H groups in total. The topological polar surface area (TPSA) is 24.3 Å². The molecule has 0 unspecified atom stereocenters. The fraction of sp³-hybridized carbons (Fsp3) is 0.786. The van der Waals surface area contributed by atoms with Crippen LogP contribution in [0.15, 0.2) is 12.4 Å². The smallest absolute Gasteiger partial charge is 0.122 e. The van der Waals surface area contributed by atoms with Crippen LogP contribution in [0.4, 0.5) is 0 Å². The molecule has 1 aliphatic carbocycles. The summed E-state index contributed by atoms with van der Waals surface area (Å²) >= 11 is 0. The van der Waals surface area contributed by atoms with Crippen molar-refractivity contribution in [2.24, 2.45) is 11.8 Å². The SMILES string of the molecule is CN(C)C[C@@H]1CN(CC2CC2)Cc2nccn2C1. The molecule has 4 nitrogen and oxygen atoms in total. The molecule has 1 saturated carbocycles. The van der Waals surface area contributed by atoms with E-state index in [0.29, 0.717) is 5.92 Å². The molecule has 1 aliphatic heterocycles. The summed E-state index contributed by atoms with van der Waals surface area (Å²) in [7, 11) is 4.34. The lowest BCUT2D eigenvalue weighted by Crippen LogP contribution is -2.34. The minimum Gasteiger partial charge on any atom is -0.333 e. The van der Waals surface area contributed by atoms with Crippen LogP contribution >= 0.6 is 0 Å². The van der Waals surface area contributed by atoms with Gasteiger partial charge >= 0.3 is 0 Å². The number of fused-ring (bicyclic) bond motifs is 1. The third-order valence-corrected chi connectivity index (χ3v) is 3.97. The van der Waals surface area contributed by atoms with Crippen molar-refractivity contribution < 1.29 is 0 Å². The van der Waals surface area contributed by atoms with Crippen molar-refractivity contribution in [3.8, 4) is 0 Å². The van der Waals surface area contributed by atoms with Crippen LogP contribution in [-0.4, -0.2) is 53.1 Å². The first-order valence-corrected chi connectivity index (χ1v) is 7.08. The third-order valence-electron chi connectivity index (χ3n) is 3.97. The highest BCUT2D eigenvalue weighted by Crippen LogP contribution is 2.31. The zero-order valence-electron chi connectivity index (χ0n) is 11.5. The van der Waals surface area contributed by atoms with Gasteiger partial charge < -0.3 is 9.47 Å². The Morgan fingerprint density at radius 2 is 2.11 bits per heavy atom. The average molecular weight is 248 g/mol. The fourth-order valence-electron chi connectivity index (χ4n) is 3.06. The Hall–Kier alpha value is -0.870. The molecule has 100 valence electrons. The maximum absolute atomic E-state index is 4.52. The van der Waals surface area contributed by atoms with Crippen molar-refractivity contribution in [3.63, 3.8) is 0 Å². The molecule has 18 heavy (non-hydrogen) atoms. The second-order valence-electron chi connectivity index (χ2n) is 6.26. The van der Waals surface area contributed by atoms with Crippen LogP contribution in [0, 0.1) is 11.8 Å². The van der Waals surface area contributed by atoms with E-state index in [1.807, 2.05) is 6.20 Å². The van der Waals surface area contributed by atoms with E-state index in [-0.39, 0.29) is 0 Å². The highest BCUT2D eigenvalue weighted by molar-refractivity contribution is 4.96. The van der Waals surface area contributed by atoms with Crippen molar-refractivity contribution in [3.05, 3.63) is 18.2 Å². The van der Waals surface area contributed by atoms with Gasteiger partial charge in [0.1, 0.15) is 5.82 Å². The predicted molar refractivity (Wildman–Crippen MR) is 72.3 cm³/mol. The molecule has 2 heterocycles. The number of imidazole rings is 1. The van der Waals surface area contributed by atoms with Gasteiger partial charge in [-0.2, -0.15) is 0 Å². The van der Waals surface area contributed by atoms with Crippen LogP contribution in [0.25, 0.3) is 0 Å². The molecule has 0 amide bonds. The second-order valence-corrected chi connectivity index (χ2v) is 6.26. The summed E-state index contributed by atoms with van der Waals surface area (Å²) in [6.45, 7) is 5.82. The maximum atomic E-state index is 4.52. The Balaban J connectivity index is 1.72. The molecule has 1 aromatic rings. The first-order valence-electron chi connectivity index (χ1n) is 7.08. The Morgan fingerprint density at radius 1 is 1.28 bits per heavy atom. The van der Waals surface area contributed by atoms with Gasteiger partial charge in [0.25, 0.3) is 0 Å². The number of nitrogens with zero attached hydrogens (tertiary/aromatic N) is 4. The molecule has 0 bridgehead atoms. The van der Waals surface area contributed by atoms with E-state index in [1.54, 1.807) is 0 Å². The number of hydrogen-bond donors (Lipinski definition) is 0. The fourth-order valence-corrected chi connectivity index (χ4v) is 3.06. The zero-order chi connectivity index (χ0) is 12.5. The van der Waals surface area contributed by atoms with Gasteiger partial charge in [0.15, 0.2) is 0 Å². The standard InChI is InChI=1S/C14H24N4/c1-16(2)7-13-9-17(8-12-3-4-12)11-14-15-5-6-18(14)10-13/h5-6,12-13H,3-4,7-11H2,1-2H3/t13-/m1/s1. The third kappa shape index (κ3) is 2.93. The molecule has 0 aromatic carbocycles. The van der Waals surface area contributed by atoms with Gasteiger partial charge in [-0.1, -0.05) is 0 Å². The van der Waals surface area contributed by atoms with Gasteiger partial charge in [0.05, 0.1) is 6.54 Å². The van der Waals surface area contributed by atoms with Crippen LogP contribution in [0.3, 0.4) is 0 Å². The average Bonchev–Trinajstić information content (AvgIpc) is 3.02. The minimum atomic E-state index is 0.717. The predicted octanol–water partition coefficient (Wildman–Crippen LogP) is 1.29. The summed E-state index contributed by atoms with van der Waals surface area (Å²) in [6.07, 6.45) is 6.95. The Kier molecular flexibility index (Phi) is 3.39. The lowest BCUT2D eigenvalue weighted by atomic mass is 10.1. The van der Waals surface area contributed by atoms with Crippen LogP contribution < -0.4 is 0 Å². The van der Waals surface area contributed by atoms with E-state index in [9.17, 15) is 0 Å². The van der Waals surface area contributed by atoms with E-state index in [1.165, 1.54) is 38.3 Å². The van der Waals surface area contributed by atoms with E-state index in [2.05, 4.69) is 39.6 Å². The molecule has 3 rings (SSSR count). The second kappa shape index (κ2) is 5.02. The van der Waals surface area contributed by atoms with E-state index in [4.69, 9.17) is 0 Å². The normalized spacial score (nSPS) is 25.2. The summed E-state index contributed by atoms with van der Waals surface area (Å²) in [5, 5.41) is 0. The number of hydrogen-bond acceptors (Lipinski definition) is 3. The molecular weight excluding hydrogens is 224 g/mol. The summed E-state index contributed by atoms with van der Waals surface area (Å²) in [5.74, 6) is 2.93. The lowest BCUT2D eigenvalue weighted by molar-refractivity contribution is 0.194. The van der Waals surface area contributed by atoms with Crippen molar-refractivity contribution in [1.82, 2.24) is 19.4 Å². The maximum Gasteiger partial charge on any atom is 0.122 e. The highest BCUT2D eigenvalue weighted by Gasteiger charge is 2.28. The molecule has 0 radical (unpaired) electrons. The van der Waals surface area contributed by atoms with Gasteiger partial charge in [0.2, 0.25) is 0 Å². The first kappa shape index (κ1) is 12.2. The number of rotatable bonds is 4.